The van der Waals surface area contributed by atoms with Gasteiger partial charge in [-0.2, -0.15) is 0 Å². The van der Waals surface area contributed by atoms with Crippen LogP contribution in [0, 0.1) is 5.82 Å². The molecule has 0 aliphatic carbocycles. The van der Waals surface area contributed by atoms with Crippen LogP contribution in [0.15, 0.2) is 72.0 Å². The number of fused-ring (bicyclic) bond motifs is 1. The molecule has 1 amide bonds. The maximum absolute atomic E-state index is 14.0. The summed E-state index contributed by atoms with van der Waals surface area (Å²) in [6.45, 7) is 0.714. The number of carbonyl (C=O) groups is 1. The van der Waals surface area contributed by atoms with Crippen molar-refractivity contribution < 1.29 is 13.9 Å². The fraction of sp³-hybridized carbons (Fsp3) is 0.120. The van der Waals surface area contributed by atoms with E-state index in [0.29, 0.717) is 51.3 Å². The second-order valence-corrected chi connectivity index (χ2v) is 8.62. The minimum Gasteiger partial charge on any atom is -0.454 e. The van der Waals surface area contributed by atoms with Crippen molar-refractivity contribution in [2.75, 3.05) is 11.6 Å². The molecule has 5 rings (SSSR count). The molecule has 0 atom stereocenters. The zero-order valence-corrected chi connectivity index (χ0v) is 19.4. The third-order valence-electron chi connectivity index (χ3n) is 5.60. The number of aliphatic imine (C=N–C) groups is 1. The number of hydrazine groups is 1. The maximum Gasteiger partial charge on any atom is 0.254 e. The van der Waals surface area contributed by atoms with E-state index in [1.807, 2.05) is 6.07 Å². The minimum atomic E-state index is -0.315. The van der Waals surface area contributed by atoms with E-state index in [1.165, 1.54) is 6.07 Å². The van der Waals surface area contributed by atoms with Gasteiger partial charge in [0.2, 0.25) is 0 Å². The molecule has 2 aliphatic heterocycles. The summed E-state index contributed by atoms with van der Waals surface area (Å²) >= 11 is 12.9. The van der Waals surface area contributed by atoms with Crippen LogP contribution < -0.4 is 15.2 Å². The summed E-state index contributed by atoms with van der Waals surface area (Å²) in [7, 11) is 0. The Hall–Kier alpha value is -3.55. The Labute approximate surface area is 205 Å². The number of hydrogen-bond donors (Lipinski definition) is 1. The van der Waals surface area contributed by atoms with E-state index in [2.05, 4.69) is 10.4 Å². The van der Waals surface area contributed by atoms with E-state index in [-0.39, 0.29) is 18.3 Å². The van der Waals surface area contributed by atoms with Crippen molar-refractivity contribution in [3.63, 3.8) is 0 Å². The van der Waals surface area contributed by atoms with E-state index in [9.17, 15) is 9.18 Å². The van der Waals surface area contributed by atoms with Gasteiger partial charge in [0, 0.05) is 36.6 Å². The molecule has 0 saturated heterocycles. The molecule has 0 aromatic heterocycles. The zero-order valence-electron chi connectivity index (χ0n) is 17.8. The first-order valence-corrected chi connectivity index (χ1v) is 11.3. The molecule has 34 heavy (non-hydrogen) atoms. The predicted molar refractivity (Wildman–Crippen MR) is 131 cm³/mol. The van der Waals surface area contributed by atoms with Crippen molar-refractivity contribution in [1.29, 1.82) is 0 Å². The van der Waals surface area contributed by atoms with Gasteiger partial charge in [-0.3, -0.25) is 10.2 Å². The predicted octanol–water partition coefficient (Wildman–Crippen LogP) is 5.95. The summed E-state index contributed by atoms with van der Waals surface area (Å²) in [4.78, 5) is 18.7. The number of ether oxygens (including phenoxy) is 1. The fourth-order valence-corrected chi connectivity index (χ4v) is 4.45. The summed E-state index contributed by atoms with van der Waals surface area (Å²) in [5.74, 6) is 0.386. The Morgan fingerprint density at radius 3 is 2.62 bits per heavy atom. The van der Waals surface area contributed by atoms with E-state index < -0.39 is 0 Å². The van der Waals surface area contributed by atoms with Crippen LogP contribution in [-0.4, -0.2) is 23.7 Å². The Balaban J connectivity index is 1.34. The molecule has 1 N–H and O–H groups in total. The van der Waals surface area contributed by atoms with Gasteiger partial charge in [-0.25, -0.2) is 14.4 Å². The van der Waals surface area contributed by atoms with E-state index in [1.54, 1.807) is 71.1 Å². The number of rotatable bonds is 5. The fourth-order valence-electron chi connectivity index (χ4n) is 3.90. The molecular formula is C25H19Cl2FN4O2. The van der Waals surface area contributed by atoms with Crippen molar-refractivity contribution >= 4 is 41.1 Å². The molecule has 0 spiro atoms. The largest absolute Gasteiger partial charge is 0.454 e. The average molecular weight is 497 g/mol. The standard InChI is InChI=1S/C25H19Cl2FN4O2/c26-21-12-18(32-15-29-8-9-30-32)13-22(27)24(21)34-19-5-6-20-16(11-19)7-10-31(25(20)33)14-17-3-1-2-4-23(17)28/h1-6,8-9,11-13,15,30H,7,10,14H2. The molecule has 0 bridgehead atoms. The molecular weight excluding hydrogens is 478 g/mol. The highest BCUT2D eigenvalue weighted by atomic mass is 35.5. The van der Waals surface area contributed by atoms with Crippen LogP contribution in [0.25, 0.3) is 0 Å². The van der Waals surface area contributed by atoms with Gasteiger partial charge in [0.1, 0.15) is 17.9 Å². The van der Waals surface area contributed by atoms with Gasteiger partial charge in [0.05, 0.1) is 15.7 Å². The third kappa shape index (κ3) is 4.44. The highest BCUT2D eigenvalue weighted by Gasteiger charge is 2.26. The lowest BCUT2D eigenvalue weighted by atomic mass is 9.98. The first-order chi connectivity index (χ1) is 16.5. The van der Waals surface area contributed by atoms with E-state index in [0.717, 1.165) is 5.56 Å². The summed E-state index contributed by atoms with van der Waals surface area (Å²) in [5, 5.41) is 2.33. The van der Waals surface area contributed by atoms with Crippen molar-refractivity contribution in [3.05, 3.63) is 99.6 Å². The number of anilines is 1. The molecule has 0 saturated carbocycles. The number of carbonyl (C=O) groups excluding carboxylic acids is 1. The van der Waals surface area contributed by atoms with Crippen molar-refractivity contribution in [2.45, 2.75) is 13.0 Å². The topological polar surface area (TPSA) is 57.2 Å². The van der Waals surface area contributed by atoms with Gasteiger partial charge in [-0.1, -0.05) is 41.4 Å². The van der Waals surface area contributed by atoms with Gasteiger partial charge >= 0.3 is 0 Å². The second-order valence-electron chi connectivity index (χ2n) is 7.81. The molecule has 0 radical (unpaired) electrons. The Morgan fingerprint density at radius 1 is 1.09 bits per heavy atom. The number of amides is 1. The molecule has 3 aromatic rings. The van der Waals surface area contributed by atoms with Crippen LogP contribution in [0.2, 0.25) is 10.0 Å². The first-order valence-electron chi connectivity index (χ1n) is 10.6. The van der Waals surface area contributed by atoms with Gasteiger partial charge < -0.3 is 9.64 Å². The lowest BCUT2D eigenvalue weighted by Crippen LogP contribution is -2.37. The van der Waals surface area contributed by atoms with Crippen molar-refractivity contribution in [3.8, 4) is 11.5 Å². The van der Waals surface area contributed by atoms with Gasteiger partial charge in [0.25, 0.3) is 5.91 Å². The molecule has 2 aliphatic rings. The lowest BCUT2D eigenvalue weighted by molar-refractivity contribution is 0.0725. The highest BCUT2D eigenvalue weighted by molar-refractivity contribution is 6.37. The lowest BCUT2D eigenvalue weighted by Gasteiger charge is -2.29. The van der Waals surface area contributed by atoms with Gasteiger partial charge in [-0.05, 0) is 48.4 Å². The Bertz CT molecular complexity index is 1310. The molecule has 6 nitrogen and oxygen atoms in total. The Kier molecular flexibility index (Phi) is 6.13. The normalized spacial score (nSPS) is 14.7. The average Bonchev–Trinajstić information content (AvgIpc) is 2.85. The van der Waals surface area contributed by atoms with Gasteiger partial charge in [0.15, 0.2) is 5.75 Å². The van der Waals surface area contributed by atoms with Gasteiger partial charge in [-0.15, -0.1) is 0 Å². The molecule has 0 fully saturated rings. The highest BCUT2D eigenvalue weighted by Crippen LogP contribution is 2.40. The Morgan fingerprint density at radius 2 is 1.88 bits per heavy atom. The second kappa shape index (κ2) is 9.37. The number of nitrogens with zero attached hydrogens (tertiary/aromatic N) is 3. The summed E-state index contributed by atoms with van der Waals surface area (Å²) < 4.78 is 20.0. The third-order valence-corrected chi connectivity index (χ3v) is 6.16. The molecule has 0 unspecified atom stereocenters. The molecule has 3 aromatic carbocycles. The van der Waals surface area contributed by atoms with Crippen LogP contribution in [-0.2, 0) is 13.0 Å². The van der Waals surface area contributed by atoms with Crippen LogP contribution in [0.3, 0.4) is 0 Å². The maximum atomic E-state index is 14.0. The summed E-state index contributed by atoms with van der Waals surface area (Å²) in [5.41, 5.74) is 5.63. The SMILES string of the molecule is O=C1c2ccc(Oc3c(Cl)cc(N4C=NC=CN4)cc3Cl)cc2CCN1Cc1ccccc1F. The first kappa shape index (κ1) is 22.3. The van der Waals surface area contributed by atoms with E-state index in [4.69, 9.17) is 27.9 Å². The van der Waals surface area contributed by atoms with Crippen LogP contribution >= 0.6 is 23.2 Å². The van der Waals surface area contributed by atoms with Crippen molar-refractivity contribution in [1.82, 2.24) is 10.3 Å². The summed E-state index contributed by atoms with van der Waals surface area (Å²) in [6.07, 6.45) is 5.52. The number of halogens is 3. The smallest absolute Gasteiger partial charge is 0.254 e. The number of benzene rings is 3. The van der Waals surface area contributed by atoms with E-state index >= 15 is 0 Å². The molecule has 9 heteroatoms. The van der Waals surface area contributed by atoms with Crippen LogP contribution in [0.4, 0.5) is 10.1 Å². The van der Waals surface area contributed by atoms with Crippen LogP contribution in [0.1, 0.15) is 21.5 Å². The molecule has 172 valence electrons. The zero-order chi connectivity index (χ0) is 23.7. The van der Waals surface area contributed by atoms with Crippen LogP contribution in [0.5, 0.6) is 11.5 Å². The minimum absolute atomic E-state index is 0.138. The number of nitrogens with one attached hydrogen (secondary N) is 1. The summed E-state index contributed by atoms with van der Waals surface area (Å²) in [6, 6.07) is 15.2. The quantitative estimate of drug-likeness (QED) is 0.474. The monoisotopic (exact) mass is 496 g/mol. The number of hydrogen-bond acceptors (Lipinski definition) is 5. The van der Waals surface area contributed by atoms with Crippen molar-refractivity contribution in [2.24, 2.45) is 4.99 Å². The molecule has 2 heterocycles.